The molecule has 1 aromatic heterocycles. The minimum Gasteiger partial charge on any atom is -0.369 e. The number of aryl methyl sites for hydroxylation is 1. The summed E-state index contributed by atoms with van der Waals surface area (Å²) in [5.74, 6) is 0.387. The Morgan fingerprint density at radius 2 is 2.05 bits per heavy atom. The molecule has 0 fully saturated rings. The molecule has 3 N–H and O–H groups in total. The number of nitrogen functional groups attached to an aromatic ring is 1. The average Bonchev–Trinajstić information content (AvgIpc) is 2.52. The van der Waals surface area contributed by atoms with Crippen molar-refractivity contribution in [3.63, 3.8) is 0 Å². The first kappa shape index (κ1) is 14.8. The van der Waals surface area contributed by atoms with Crippen LogP contribution in [0.1, 0.15) is 19.4 Å². The lowest BCUT2D eigenvalue weighted by molar-refractivity contribution is 0.398. The Morgan fingerprint density at radius 1 is 1.40 bits per heavy atom. The number of hydrogen-bond acceptors (Lipinski definition) is 4. The van der Waals surface area contributed by atoms with Crippen molar-refractivity contribution < 1.29 is 8.42 Å². The number of benzene rings is 1. The van der Waals surface area contributed by atoms with Crippen molar-refractivity contribution in [2.45, 2.75) is 32.9 Å². The zero-order valence-corrected chi connectivity index (χ0v) is 13.0. The molecule has 0 saturated heterocycles. The number of para-hydroxylation sites is 1. The van der Waals surface area contributed by atoms with Crippen molar-refractivity contribution >= 4 is 27.0 Å². The number of sulfonamides is 1. The molecular weight excluding hydrogens is 276 g/mol. The monoisotopic (exact) mass is 296 g/mol. The van der Waals surface area contributed by atoms with Gasteiger partial charge < -0.3 is 10.3 Å². The number of fused-ring (bicyclic) bond motifs is 1. The molecule has 2 rings (SSSR count). The van der Waals surface area contributed by atoms with Crippen LogP contribution in [-0.2, 0) is 16.6 Å². The molecule has 0 spiro atoms. The van der Waals surface area contributed by atoms with E-state index in [9.17, 15) is 8.42 Å². The number of rotatable bonds is 4. The molecule has 110 valence electrons. The summed E-state index contributed by atoms with van der Waals surface area (Å²) in [6.07, 6.45) is 1.15. The maximum atomic E-state index is 11.4. The maximum absolute atomic E-state index is 11.4. The molecule has 6 nitrogen and oxygen atoms in total. The third-order valence-corrected chi connectivity index (χ3v) is 3.94. The van der Waals surface area contributed by atoms with Gasteiger partial charge in [0.2, 0.25) is 16.0 Å². The zero-order chi connectivity index (χ0) is 15.1. The standard InChI is InChI=1S/C13H20N4O2S/c1-9-6-5-7-10-11(9)17(12(14)15-10)8-13(2,3)16-20(4,18)19/h5-7,16H,8H2,1-4H3,(H2,14,15). The molecule has 2 aromatic rings. The SMILES string of the molecule is Cc1cccc2nc(N)n(CC(C)(C)NS(C)(=O)=O)c12. The van der Waals surface area contributed by atoms with Gasteiger partial charge in [-0.1, -0.05) is 12.1 Å². The van der Waals surface area contributed by atoms with Crippen molar-refractivity contribution in [3.8, 4) is 0 Å². The topological polar surface area (TPSA) is 90.0 Å². The Bertz CT molecular complexity index is 747. The van der Waals surface area contributed by atoms with E-state index in [1.807, 2.05) is 43.5 Å². The minimum absolute atomic E-state index is 0.387. The van der Waals surface area contributed by atoms with Gasteiger partial charge in [0.25, 0.3) is 0 Å². The van der Waals surface area contributed by atoms with Crippen LogP contribution in [0.2, 0.25) is 0 Å². The van der Waals surface area contributed by atoms with E-state index in [2.05, 4.69) is 9.71 Å². The van der Waals surface area contributed by atoms with E-state index in [1.165, 1.54) is 0 Å². The summed E-state index contributed by atoms with van der Waals surface area (Å²) in [6.45, 7) is 6.03. The van der Waals surface area contributed by atoms with E-state index in [1.54, 1.807) is 0 Å². The second kappa shape index (κ2) is 4.75. The van der Waals surface area contributed by atoms with E-state index in [4.69, 9.17) is 5.73 Å². The highest BCUT2D eigenvalue weighted by molar-refractivity contribution is 7.88. The van der Waals surface area contributed by atoms with Crippen LogP contribution >= 0.6 is 0 Å². The Balaban J connectivity index is 2.46. The predicted octanol–water partition coefficient (Wildman–Crippen LogP) is 1.25. The van der Waals surface area contributed by atoms with Gasteiger partial charge in [0.1, 0.15) is 0 Å². The number of aromatic nitrogens is 2. The Morgan fingerprint density at radius 3 is 2.65 bits per heavy atom. The third-order valence-electron chi connectivity index (χ3n) is 3.01. The molecule has 0 saturated carbocycles. The van der Waals surface area contributed by atoms with Gasteiger partial charge in [-0.25, -0.2) is 18.1 Å². The first-order valence-corrected chi connectivity index (χ1v) is 8.18. The molecule has 0 atom stereocenters. The first-order chi connectivity index (χ1) is 9.09. The zero-order valence-electron chi connectivity index (χ0n) is 12.1. The Hall–Kier alpha value is -1.60. The van der Waals surface area contributed by atoms with E-state index < -0.39 is 15.6 Å². The quantitative estimate of drug-likeness (QED) is 0.888. The lowest BCUT2D eigenvalue weighted by Gasteiger charge is -2.26. The molecule has 0 aliphatic rings. The predicted molar refractivity (Wildman–Crippen MR) is 80.9 cm³/mol. The highest BCUT2D eigenvalue weighted by atomic mass is 32.2. The minimum atomic E-state index is -3.29. The number of nitrogens with two attached hydrogens (primary N) is 1. The third kappa shape index (κ3) is 3.10. The largest absolute Gasteiger partial charge is 0.369 e. The van der Waals surface area contributed by atoms with Crippen LogP contribution in [0.5, 0.6) is 0 Å². The number of anilines is 1. The van der Waals surface area contributed by atoms with Gasteiger partial charge in [0, 0.05) is 12.1 Å². The number of nitrogens with one attached hydrogen (secondary N) is 1. The summed E-state index contributed by atoms with van der Waals surface area (Å²) in [5, 5.41) is 0. The van der Waals surface area contributed by atoms with Crippen LogP contribution in [0.4, 0.5) is 5.95 Å². The molecule has 1 heterocycles. The fourth-order valence-corrected chi connectivity index (χ4v) is 3.54. The van der Waals surface area contributed by atoms with Crippen molar-refractivity contribution in [2.75, 3.05) is 12.0 Å². The van der Waals surface area contributed by atoms with Crippen LogP contribution in [-0.4, -0.2) is 29.8 Å². The van der Waals surface area contributed by atoms with Crippen LogP contribution in [0.15, 0.2) is 18.2 Å². The second-order valence-electron chi connectivity index (χ2n) is 5.76. The molecular formula is C13H20N4O2S. The van der Waals surface area contributed by atoms with Crippen molar-refractivity contribution in [1.82, 2.24) is 14.3 Å². The van der Waals surface area contributed by atoms with Gasteiger partial charge in [0.05, 0.1) is 17.3 Å². The second-order valence-corrected chi connectivity index (χ2v) is 7.51. The van der Waals surface area contributed by atoms with Crippen LogP contribution < -0.4 is 10.5 Å². The van der Waals surface area contributed by atoms with Crippen molar-refractivity contribution in [1.29, 1.82) is 0 Å². The van der Waals surface area contributed by atoms with E-state index >= 15 is 0 Å². The summed E-state index contributed by atoms with van der Waals surface area (Å²) >= 11 is 0. The summed E-state index contributed by atoms with van der Waals surface area (Å²) in [6, 6.07) is 5.80. The molecule has 0 aliphatic heterocycles. The van der Waals surface area contributed by atoms with Gasteiger partial charge in [-0.05, 0) is 32.4 Å². The van der Waals surface area contributed by atoms with Crippen LogP contribution in [0.3, 0.4) is 0 Å². The van der Waals surface area contributed by atoms with Crippen LogP contribution in [0, 0.1) is 6.92 Å². The molecule has 0 unspecified atom stereocenters. The number of nitrogens with zero attached hydrogens (tertiary/aromatic N) is 2. The maximum Gasteiger partial charge on any atom is 0.209 e. The fraction of sp³-hybridized carbons (Fsp3) is 0.462. The lowest BCUT2D eigenvalue weighted by atomic mass is 10.1. The number of imidazole rings is 1. The summed E-state index contributed by atoms with van der Waals surface area (Å²) in [7, 11) is -3.29. The van der Waals surface area contributed by atoms with Gasteiger partial charge in [-0.2, -0.15) is 0 Å². The average molecular weight is 296 g/mol. The Kier molecular flexibility index (Phi) is 3.51. The van der Waals surface area contributed by atoms with Crippen molar-refractivity contribution in [2.24, 2.45) is 0 Å². The molecule has 0 bridgehead atoms. The van der Waals surface area contributed by atoms with Crippen LogP contribution in [0.25, 0.3) is 11.0 Å². The summed E-state index contributed by atoms with van der Waals surface area (Å²) < 4.78 is 27.3. The van der Waals surface area contributed by atoms with Gasteiger partial charge in [0.15, 0.2) is 0 Å². The Labute approximate surface area is 119 Å². The van der Waals surface area contributed by atoms with Gasteiger partial charge in [-0.3, -0.25) is 0 Å². The first-order valence-electron chi connectivity index (χ1n) is 6.29. The molecule has 0 aliphatic carbocycles. The molecule has 0 radical (unpaired) electrons. The number of hydrogen-bond donors (Lipinski definition) is 2. The molecule has 7 heteroatoms. The van der Waals surface area contributed by atoms with Crippen molar-refractivity contribution in [3.05, 3.63) is 23.8 Å². The van der Waals surface area contributed by atoms with E-state index in [0.29, 0.717) is 12.5 Å². The summed E-state index contributed by atoms with van der Waals surface area (Å²) in [5.41, 5.74) is 8.13. The highest BCUT2D eigenvalue weighted by Gasteiger charge is 2.25. The van der Waals surface area contributed by atoms with Gasteiger partial charge >= 0.3 is 0 Å². The van der Waals surface area contributed by atoms with E-state index in [0.717, 1.165) is 22.9 Å². The van der Waals surface area contributed by atoms with Gasteiger partial charge in [-0.15, -0.1) is 0 Å². The lowest BCUT2D eigenvalue weighted by Crippen LogP contribution is -2.46. The molecule has 0 amide bonds. The smallest absolute Gasteiger partial charge is 0.209 e. The summed E-state index contributed by atoms with van der Waals surface area (Å²) in [4.78, 5) is 4.32. The molecule has 20 heavy (non-hydrogen) atoms. The highest BCUT2D eigenvalue weighted by Crippen LogP contribution is 2.23. The normalized spacial score (nSPS) is 13.0. The van der Waals surface area contributed by atoms with E-state index in [-0.39, 0.29) is 0 Å². The fourth-order valence-electron chi connectivity index (χ4n) is 2.47. The molecule has 1 aromatic carbocycles.